The zero-order chi connectivity index (χ0) is 13.5. The van der Waals surface area contributed by atoms with E-state index in [0.717, 1.165) is 32.5 Å². The predicted octanol–water partition coefficient (Wildman–Crippen LogP) is 0.403. The van der Waals surface area contributed by atoms with Crippen molar-refractivity contribution >= 4 is 5.97 Å². The van der Waals surface area contributed by atoms with Crippen molar-refractivity contribution in [2.45, 2.75) is 31.7 Å². The van der Waals surface area contributed by atoms with E-state index in [9.17, 15) is 4.79 Å². The molecule has 2 fully saturated rings. The minimum atomic E-state index is -0.468. The molecule has 6 heteroatoms. The van der Waals surface area contributed by atoms with Gasteiger partial charge in [-0.2, -0.15) is 0 Å². The Morgan fingerprint density at radius 2 is 2.21 bits per heavy atom. The quantitative estimate of drug-likeness (QED) is 0.676. The summed E-state index contributed by atoms with van der Waals surface area (Å²) < 4.78 is 21.3. The molecule has 0 amide bonds. The van der Waals surface area contributed by atoms with Crippen LogP contribution in [0, 0.1) is 0 Å². The van der Waals surface area contributed by atoms with Crippen molar-refractivity contribution in [2.24, 2.45) is 0 Å². The Morgan fingerprint density at radius 3 is 2.95 bits per heavy atom. The fraction of sp³-hybridized carbons (Fsp3) is 0.923. The maximum Gasteiger partial charge on any atom is 0.336 e. The fourth-order valence-corrected chi connectivity index (χ4v) is 2.34. The van der Waals surface area contributed by atoms with Crippen molar-refractivity contribution in [3.05, 3.63) is 0 Å². The topological polar surface area (TPSA) is 57.2 Å². The zero-order valence-corrected chi connectivity index (χ0v) is 11.5. The highest BCUT2D eigenvalue weighted by atomic mass is 16.7. The van der Waals surface area contributed by atoms with Crippen molar-refractivity contribution < 1.29 is 23.7 Å². The van der Waals surface area contributed by atoms with Gasteiger partial charge in [-0.05, 0) is 19.3 Å². The van der Waals surface area contributed by atoms with Gasteiger partial charge in [-0.25, -0.2) is 4.79 Å². The van der Waals surface area contributed by atoms with Crippen LogP contribution in [-0.4, -0.2) is 69.8 Å². The lowest BCUT2D eigenvalue weighted by Gasteiger charge is -2.32. The van der Waals surface area contributed by atoms with Crippen LogP contribution >= 0.6 is 0 Å². The molecule has 0 aliphatic carbocycles. The van der Waals surface area contributed by atoms with Crippen LogP contribution in [0.15, 0.2) is 0 Å². The molecule has 0 aromatic heterocycles. The molecule has 0 aromatic carbocycles. The number of carbonyl (C=O) groups excluding carboxylic acids is 1. The largest absolute Gasteiger partial charge is 0.467 e. The highest BCUT2D eigenvalue weighted by molar-refractivity contribution is 5.74. The molecular weight excluding hydrogens is 250 g/mol. The van der Waals surface area contributed by atoms with Crippen LogP contribution < -0.4 is 0 Å². The molecule has 0 saturated carbocycles. The molecule has 2 saturated heterocycles. The summed E-state index contributed by atoms with van der Waals surface area (Å²) in [5.41, 5.74) is 0. The molecule has 6 nitrogen and oxygen atoms in total. The third-order valence-electron chi connectivity index (χ3n) is 3.46. The lowest BCUT2D eigenvalue weighted by atomic mass is 10.2. The summed E-state index contributed by atoms with van der Waals surface area (Å²) in [6.45, 7) is 4.16. The Balaban J connectivity index is 1.63. The number of carbonyl (C=O) groups is 1. The van der Waals surface area contributed by atoms with E-state index >= 15 is 0 Å². The average Bonchev–Trinajstić information content (AvgIpc) is 2.48. The third-order valence-corrected chi connectivity index (χ3v) is 3.46. The molecule has 110 valence electrons. The van der Waals surface area contributed by atoms with Gasteiger partial charge in [0.15, 0.2) is 12.4 Å². The molecule has 2 unspecified atom stereocenters. The number of methoxy groups -OCH3 is 1. The first-order valence-corrected chi connectivity index (χ1v) is 6.94. The molecule has 2 aliphatic rings. The summed E-state index contributed by atoms with van der Waals surface area (Å²) in [5, 5.41) is 0. The predicted molar refractivity (Wildman–Crippen MR) is 67.7 cm³/mol. The zero-order valence-electron chi connectivity index (χ0n) is 11.5. The maximum absolute atomic E-state index is 11.4. The van der Waals surface area contributed by atoms with E-state index in [1.54, 1.807) is 0 Å². The molecule has 0 bridgehead atoms. The van der Waals surface area contributed by atoms with Crippen molar-refractivity contribution in [3.63, 3.8) is 0 Å². The molecule has 2 rings (SSSR count). The van der Waals surface area contributed by atoms with Gasteiger partial charge >= 0.3 is 5.97 Å². The van der Waals surface area contributed by atoms with Crippen molar-refractivity contribution in [1.29, 1.82) is 0 Å². The Hall–Kier alpha value is -0.690. The Morgan fingerprint density at radius 1 is 1.32 bits per heavy atom. The molecule has 0 N–H and O–H groups in total. The Kier molecular flexibility index (Phi) is 6.03. The minimum absolute atomic E-state index is 0.0498. The normalized spacial score (nSPS) is 29.1. The van der Waals surface area contributed by atoms with Gasteiger partial charge in [0.05, 0.1) is 20.3 Å². The van der Waals surface area contributed by atoms with E-state index in [2.05, 4.69) is 4.90 Å². The highest BCUT2D eigenvalue weighted by Gasteiger charge is 2.27. The number of esters is 1. The summed E-state index contributed by atoms with van der Waals surface area (Å²) >= 11 is 0. The van der Waals surface area contributed by atoms with Crippen molar-refractivity contribution in [3.8, 4) is 0 Å². The lowest BCUT2D eigenvalue weighted by Crippen LogP contribution is -2.47. The van der Waals surface area contributed by atoms with Crippen LogP contribution in [0.4, 0.5) is 0 Å². The van der Waals surface area contributed by atoms with Crippen molar-refractivity contribution in [1.82, 2.24) is 4.90 Å². The second kappa shape index (κ2) is 7.79. The molecular formula is C13H23NO5. The number of nitrogens with zero attached hydrogens (tertiary/aromatic N) is 1. The second-order valence-corrected chi connectivity index (χ2v) is 4.85. The van der Waals surface area contributed by atoms with Gasteiger partial charge < -0.3 is 18.9 Å². The van der Waals surface area contributed by atoms with Crippen LogP contribution in [0.1, 0.15) is 19.3 Å². The Bertz CT molecular complexity index is 280. The van der Waals surface area contributed by atoms with E-state index in [1.807, 2.05) is 0 Å². The standard InChI is InChI=1S/C13H23NO5/c1-16-13(15)11-10-14(5-8-17-11)6-9-19-12-4-2-3-7-18-12/h11-12H,2-10H2,1H3. The highest BCUT2D eigenvalue weighted by Crippen LogP contribution is 2.14. The SMILES string of the molecule is COC(=O)C1CN(CCOC2CCCCO2)CCO1. The van der Waals surface area contributed by atoms with Gasteiger partial charge in [-0.15, -0.1) is 0 Å². The molecule has 0 radical (unpaired) electrons. The molecule has 0 aromatic rings. The van der Waals surface area contributed by atoms with Crippen LogP contribution in [0.25, 0.3) is 0 Å². The number of morpholine rings is 1. The van der Waals surface area contributed by atoms with Gasteiger partial charge in [0.1, 0.15) is 0 Å². The monoisotopic (exact) mass is 273 g/mol. The number of rotatable bonds is 5. The summed E-state index contributed by atoms with van der Waals surface area (Å²) in [7, 11) is 1.38. The van der Waals surface area contributed by atoms with E-state index in [-0.39, 0.29) is 12.3 Å². The summed E-state index contributed by atoms with van der Waals surface area (Å²) in [5.74, 6) is -0.304. The van der Waals surface area contributed by atoms with Crippen LogP contribution in [-0.2, 0) is 23.7 Å². The fourth-order valence-electron chi connectivity index (χ4n) is 2.34. The molecule has 19 heavy (non-hydrogen) atoms. The van der Waals surface area contributed by atoms with E-state index < -0.39 is 6.10 Å². The number of hydrogen-bond acceptors (Lipinski definition) is 6. The first-order chi connectivity index (χ1) is 9.29. The van der Waals surface area contributed by atoms with Gasteiger partial charge in [-0.3, -0.25) is 4.90 Å². The van der Waals surface area contributed by atoms with Gasteiger partial charge in [0.25, 0.3) is 0 Å². The summed E-state index contributed by atoms with van der Waals surface area (Å²) in [6.07, 6.45) is 2.76. The first-order valence-electron chi connectivity index (χ1n) is 6.94. The van der Waals surface area contributed by atoms with Gasteiger partial charge in [0.2, 0.25) is 0 Å². The first kappa shape index (κ1) is 14.7. The minimum Gasteiger partial charge on any atom is -0.467 e. The van der Waals surface area contributed by atoms with Crippen LogP contribution in [0.3, 0.4) is 0 Å². The van der Waals surface area contributed by atoms with Gasteiger partial charge in [0, 0.05) is 26.2 Å². The van der Waals surface area contributed by atoms with E-state index in [0.29, 0.717) is 19.8 Å². The third kappa shape index (κ3) is 4.72. The summed E-state index contributed by atoms with van der Waals surface area (Å²) in [4.78, 5) is 13.6. The lowest BCUT2D eigenvalue weighted by molar-refractivity contribution is -0.170. The smallest absolute Gasteiger partial charge is 0.336 e. The molecule has 0 spiro atoms. The Labute approximate surface area is 113 Å². The number of hydrogen-bond donors (Lipinski definition) is 0. The van der Waals surface area contributed by atoms with Gasteiger partial charge in [-0.1, -0.05) is 0 Å². The second-order valence-electron chi connectivity index (χ2n) is 4.85. The molecule has 2 heterocycles. The van der Waals surface area contributed by atoms with E-state index in [1.165, 1.54) is 13.5 Å². The average molecular weight is 273 g/mol. The number of ether oxygens (including phenoxy) is 4. The van der Waals surface area contributed by atoms with Crippen LogP contribution in [0.2, 0.25) is 0 Å². The summed E-state index contributed by atoms with van der Waals surface area (Å²) in [6, 6.07) is 0. The van der Waals surface area contributed by atoms with Crippen LogP contribution in [0.5, 0.6) is 0 Å². The molecule has 2 atom stereocenters. The maximum atomic E-state index is 11.4. The molecule has 2 aliphatic heterocycles. The van der Waals surface area contributed by atoms with Crippen molar-refractivity contribution in [2.75, 3.05) is 46.6 Å². The van der Waals surface area contributed by atoms with E-state index in [4.69, 9.17) is 18.9 Å².